The number of nitrogens with one attached hydrogen (secondary N) is 1. The van der Waals surface area contributed by atoms with E-state index in [1.54, 1.807) is 0 Å². The molecule has 1 atom stereocenters. The number of ether oxygens (including phenoxy) is 1. The molecule has 0 aliphatic carbocycles. The summed E-state index contributed by atoms with van der Waals surface area (Å²) in [6.07, 6.45) is 0.729. The van der Waals surface area contributed by atoms with Crippen LogP contribution in [0.2, 0.25) is 0 Å². The van der Waals surface area contributed by atoms with Crippen LogP contribution in [0.3, 0.4) is 0 Å². The van der Waals surface area contributed by atoms with Crippen LogP contribution in [0.15, 0.2) is 42.5 Å². The monoisotopic (exact) mass is 281 g/mol. The quantitative estimate of drug-likeness (QED) is 0.915. The Morgan fingerprint density at radius 1 is 1.10 bits per heavy atom. The Balaban J connectivity index is 1.76. The van der Waals surface area contributed by atoms with Crippen LogP contribution in [-0.4, -0.2) is 12.5 Å². The zero-order valence-corrected chi connectivity index (χ0v) is 12.3. The number of amides is 1. The minimum atomic E-state index is -0.140. The van der Waals surface area contributed by atoms with Crippen LogP contribution in [-0.2, 0) is 11.2 Å². The zero-order chi connectivity index (χ0) is 14.8. The lowest BCUT2D eigenvalue weighted by Gasteiger charge is -2.25. The fraction of sp³-hybridized carbons (Fsp3) is 0.278. The van der Waals surface area contributed by atoms with Gasteiger partial charge in [0.1, 0.15) is 12.4 Å². The van der Waals surface area contributed by atoms with E-state index in [1.165, 1.54) is 0 Å². The first-order chi connectivity index (χ1) is 10.1. The van der Waals surface area contributed by atoms with Gasteiger partial charge in [0.2, 0.25) is 5.91 Å². The van der Waals surface area contributed by atoms with Gasteiger partial charge in [-0.25, -0.2) is 0 Å². The number of hydrogen-bond acceptors (Lipinski definition) is 2. The molecule has 1 aliphatic heterocycles. The van der Waals surface area contributed by atoms with E-state index in [9.17, 15) is 4.79 Å². The Hall–Kier alpha value is -2.29. The highest BCUT2D eigenvalue weighted by molar-refractivity contribution is 5.94. The molecule has 0 aromatic heterocycles. The highest BCUT2D eigenvalue weighted by atomic mass is 16.5. The van der Waals surface area contributed by atoms with Crippen molar-refractivity contribution in [2.45, 2.75) is 20.3 Å². The molecule has 0 bridgehead atoms. The summed E-state index contributed by atoms with van der Waals surface area (Å²) < 4.78 is 5.69. The maximum Gasteiger partial charge on any atom is 0.231 e. The highest BCUT2D eigenvalue weighted by Gasteiger charge is 2.26. The highest BCUT2D eigenvalue weighted by Crippen LogP contribution is 2.28. The summed E-state index contributed by atoms with van der Waals surface area (Å²) in [5, 5.41) is 3.06. The second kappa shape index (κ2) is 5.60. The van der Waals surface area contributed by atoms with Gasteiger partial charge in [-0.15, -0.1) is 0 Å². The summed E-state index contributed by atoms with van der Waals surface area (Å²) in [6.45, 7) is 4.46. The number of para-hydroxylation sites is 2. The molecule has 2 aromatic rings. The van der Waals surface area contributed by atoms with Crippen LogP contribution in [0, 0.1) is 19.8 Å². The number of carbonyl (C=O) groups excluding carboxylic acids is 1. The smallest absolute Gasteiger partial charge is 0.231 e. The molecule has 1 aliphatic rings. The second-order valence-corrected chi connectivity index (χ2v) is 5.58. The van der Waals surface area contributed by atoms with E-state index in [-0.39, 0.29) is 11.8 Å². The van der Waals surface area contributed by atoms with Crippen molar-refractivity contribution in [1.29, 1.82) is 0 Å². The van der Waals surface area contributed by atoms with Crippen molar-refractivity contribution < 1.29 is 9.53 Å². The first-order valence-electron chi connectivity index (χ1n) is 7.23. The van der Waals surface area contributed by atoms with Crippen molar-refractivity contribution in [3.63, 3.8) is 0 Å². The van der Waals surface area contributed by atoms with Crippen LogP contribution in [0.25, 0.3) is 0 Å². The normalized spacial score (nSPS) is 16.8. The Bertz CT molecular complexity index is 658. The predicted octanol–water partition coefficient (Wildman–Crippen LogP) is 3.49. The van der Waals surface area contributed by atoms with Gasteiger partial charge in [-0.2, -0.15) is 0 Å². The van der Waals surface area contributed by atoms with Crippen molar-refractivity contribution in [2.24, 2.45) is 5.92 Å². The van der Waals surface area contributed by atoms with Crippen LogP contribution in [0.1, 0.15) is 16.7 Å². The molecule has 3 nitrogen and oxygen atoms in total. The van der Waals surface area contributed by atoms with Gasteiger partial charge in [0.25, 0.3) is 0 Å². The summed E-state index contributed by atoms with van der Waals surface area (Å²) in [4.78, 5) is 12.5. The van der Waals surface area contributed by atoms with Gasteiger partial charge >= 0.3 is 0 Å². The molecule has 3 rings (SSSR count). The molecule has 108 valence electrons. The number of rotatable bonds is 2. The average molecular weight is 281 g/mol. The molecule has 0 saturated heterocycles. The average Bonchev–Trinajstić information content (AvgIpc) is 2.50. The summed E-state index contributed by atoms with van der Waals surface area (Å²) in [5.74, 6) is 0.787. The van der Waals surface area contributed by atoms with E-state index in [0.717, 1.165) is 34.5 Å². The predicted molar refractivity (Wildman–Crippen MR) is 83.7 cm³/mol. The number of benzene rings is 2. The number of anilines is 1. The van der Waals surface area contributed by atoms with Gasteiger partial charge in [-0.3, -0.25) is 4.79 Å². The number of fused-ring (bicyclic) bond motifs is 1. The molecule has 1 heterocycles. The van der Waals surface area contributed by atoms with Crippen LogP contribution < -0.4 is 10.1 Å². The van der Waals surface area contributed by atoms with E-state index < -0.39 is 0 Å². The molecule has 0 spiro atoms. The topological polar surface area (TPSA) is 38.3 Å². The molecule has 1 unspecified atom stereocenters. The Morgan fingerprint density at radius 2 is 1.81 bits per heavy atom. The SMILES string of the molecule is Cc1cccc(C)c1NC(=O)C1COc2ccccc2C1. The fourth-order valence-electron chi connectivity index (χ4n) is 2.73. The largest absolute Gasteiger partial charge is 0.492 e. The van der Waals surface area contributed by atoms with Gasteiger partial charge in [0.15, 0.2) is 0 Å². The summed E-state index contributed by atoms with van der Waals surface area (Å²) in [7, 11) is 0. The minimum Gasteiger partial charge on any atom is -0.492 e. The molecular formula is C18H19NO2. The summed E-state index contributed by atoms with van der Waals surface area (Å²) in [5.41, 5.74) is 4.19. The second-order valence-electron chi connectivity index (χ2n) is 5.58. The molecule has 3 heteroatoms. The summed E-state index contributed by atoms with van der Waals surface area (Å²) >= 11 is 0. The molecule has 1 amide bonds. The molecule has 2 aromatic carbocycles. The van der Waals surface area contributed by atoms with E-state index in [4.69, 9.17) is 4.74 Å². The van der Waals surface area contributed by atoms with Gasteiger partial charge in [0.05, 0.1) is 5.92 Å². The van der Waals surface area contributed by atoms with Gasteiger partial charge < -0.3 is 10.1 Å². The number of hydrogen-bond donors (Lipinski definition) is 1. The third kappa shape index (κ3) is 2.77. The van der Waals surface area contributed by atoms with E-state index >= 15 is 0 Å². The van der Waals surface area contributed by atoms with Crippen molar-refractivity contribution in [2.75, 3.05) is 11.9 Å². The first-order valence-corrected chi connectivity index (χ1v) is 7.23. The van der Waals surface area contributed by atoms with Gasteiger partial charge in [-0.05, 0) is 43.0 Å². The zero-order valence-electron chi connectivity index (χ0n) is 12.3. The van der Waals surface area contributed by atoms with E-state index in [1.807, 2.05) is 56.3 Å². The molecule has 1 N–H and O–H groups in total. The maximum absolute atomic E-state index is 12.5. The lowest BCUT2D eigenvalue weighted by Crippen LogP contribution is -2.32. The number of carbonyl (C=O) groups is 1. The third-order valence-electron chi connectivity index (χ3n) is 3.98. The third-order valence-corrected chi connectivity index (χ3v) is 3.98. The van der Waals surface area contributed by atoms with Gasteiger partial charge in [-0.1, -0.05) is 36.4 Å². The standard InChI is InChI=1S/C18H19NO2/c1-12-6-5-7-13(2)17(12)19-18(20)15-10-14-8-3-4-9-16(14)21-11-15/h3-9,15H,10-11H2,1-2H3,(H,19,20). The maximum atomic E-state index is 12.5. The molecule has 0 fully saturated rings. The van der Waals surface area contributed by atoms with Crippen molar-refractivity contribution >= 4 is 11.6 Å². The Kier molecular flexibility index (Phi) is 3.65. The fourth-order valence-corrected chi connectivity index (χ4v) is 2.73. The Morgan fingerprint density at radius 3 is 2.57 bits per heavy atom. The van der Waals surface area contributed by atoms with E-state index in [2.05, 4.69) is 5.32 Å². The van der Waals surface area contributed by atoms with Crippen LogP contribution in [0.4, 0.5) is 5.69 Å². The molecule has 0 saturated carbocycles. The molecule has 0 radical (unpaired) electrons. The van der Waals surface area contributed by atoms with E-state index in [0.29, 0.717) is 6.61 Å². The van der Waals surface area contributed by atoms with Crippen molar-refractivity contribution in [3.8, 4) is 5.75 Å². The first kappa shape index (κ1) is 13.7. The van der Waals surface area contributed by atoms with Crippen LogP contribution >= 0.6 is 0 Å². The lowest BCUT2D eigenvalue weighted by atomic mass is 9.95. The number of aryl methyl sites for hydroxylation is 2. The van der Waals surface area contributed by atoms with Crippen molar-refractivity contribution in [3.05, 3.63) is 59.2 Å². The minimum absolute atomic E-state index is 0.0295. The van der Waals surface area contributed by atoms with Gasteiger partial charge in [0, 0.05) is 5.69 Å². The molecule has 21 heavy (non-hydrogen) atoms. The van der Waals surface area contributed by atoms with Crippen LogP contribution in [0.5, 0.6) is 5.75 Å². The molecular weight excluding hydrogens is 262 g/mol. The lowest BCUT2D eigenvalue weighted by molar-refractivity contribution is -0.121. The summed E-state index contributed by atoms with van der Waals surface area (Å²) in [6, 6.07) is 13.9. The van der Waals surface area contributed by atoms with Crippen molar-refractivity contribution in [1.82, 2.24) is 0 Å². The Labute approximate surface area is 124 Å².